The second-order valence-electron chi connectivity index (χ2n) is 12.8. The molecule has 0 fully saturated rings. The number of phenolic OH excluding ortho intramolecular Hbond substituents is 1. The fourth-order valence-corrected chi connectivity index (χ4v) is 7.32. The second-order valence-corrected chi connectivity index (χ2v) is 17.0. The van der Waals surface area contributed by atoms with Gasteiger partial charge in [0.15, 0.2) is 5.75 Å². The van der Waals surface area contributed by atoms with Gasteiger partial charge in [-0.3, -0.25) is 18.5 Å². The van der Waals surface area contributed by atoms with Crippen molar-refractivity contribution in [3.05, 3.63) is 138 Å². The smallest absolute Gasteiger partial charge is 0.296 e. The number of aromatic hydroxyl groups is 1. The van der Waals surface area contributed by atoms with E-state index >= 15 is 0 Å². The fraction of sp³-hybridized carbons (Fsp3) is 0.103. The summed E-state index contributed by atoms with van der Waals surface area (Å²) < 4.78 is 101. The quantitative estimate of drug-likeness (QED) is 0.0397. The predicted octanol–water partition coefficient (Wildman–Crippen LogP) is 9.88. The molecule has 0 aliphatic rings. The van der Waals surface area contributed by atoms with E-state index in [1.807, 2.05) is 6.92 Å². The molecule has 0 aliphatic heterocycles. The molecular weight excluding hydrogens is 839 g/mol. The summed E-state index contributed by atoms with van der Waals surface area (Å²) in [6.07, 6.45) is 3.66. The van der Waals surface area contributed by atoms with Gasteiger partial charge in [0.2, 0.25) is 0 Å². The van der Waals surface area contributed by atoms with Crippen LogP contribution in [0.15, 0.2) is 172 Å². The minimum Gasteiger partial charge on any atom is -0.505 e. The van der Waals surface area contributed by atoms with Crippen LogP contribution >= 0.6 is 0 Å². The van der Waals surface area contributed by atoms with Crippen LogP contribution in [0.1, 0.15) is 36.2 Å². The van der Waals surface area contributed by atoms with Gasteiger partial charge in [0, 0.05) is 16.6 Å². The maximum Gasteiger partial charge on any atom is 0.296 e. The molecule has 5 aromatic rings. The van der Waals surface area contributed by atoms with Crippen LogP contribution in [-0.2, 0) is 30.4 Å². The number of azo groups is 3. The number of nitrogens with zero attached hydrogens (tertiary/aromatic N) is 6. The Hall–Kier alpha value is -6.62. The Labute approximate surface area is 344 Å². The number of amides is 1. The van der Waals surface area contributed by atoms with E-state index in [-0.39, 0.29) is 27.9 Å². The summed E-state index contributed by atoms with van der Waals surface area (Å²) >= 11 is 0. The second kappa shape index (κ2) is 18.1. The van der Waals surface area contributed by atoms with Gasteiger partial charge in [-0.25, -0.2) is 0 Å². The lowest BCUT2D eigenvalue weighted by Crippen LogP contribution is -2.11. The molecule has 5 rings (SSSR count). The number of fused-ring (bicyclic) bond motifs is 1. The lowest BCUT2D eigenvalue weighted by Gasteiger charge is -2.11. The molecule has 0 heterocycles. The van der Waals surface area contributed by atoms with E-state index in [1.54, 1.807) is 56.3 Å². The van der Waals surface area contributed by atoms with E-state index < -0.39 is 68.1 Å². The zero-order chi connectivity index (χ0) is 44.0. The van der Waals surface area contributed by atoms with Crippen molar-refractivity contribution in [2.24, 2.45) is 30.7 Å². The molecule has 0 aliphatic carbocycles. The first-order valence-corrected chi connectivity index (χ1v) is 21.6. The maximum absolute atomic E-state index is 12.7. The summed E-state index contributed by atoms with van der Waals surface area (Å²) in [5, 5.41) is 38.6. The number of rotatable bonds is 14. The Bertz CT molecular complexity index is 3040. The predicted molar refractivity (Wildman–Crippen MR) is 222 cm³/mol. The van der Waals surface area contributed by atoms with Crippen molar-refractivity contribution in [2.45, 2.75) is 41.9 Å². The minimum atomic E-state index is -4.95. The van der Waals surface area contributed by atoms with Crippen molar-refractivity contribution in [1.29, 1.82) is 0 Å². The highest BCUT2D eigenvalue weighted by Crippen LogP contribution is 2.42. The van der Waals surface area contributed by atoms with E-state index in [2.05, 4.69) is 42.6 Å². The largest absolute Gasteiger partial charge is 0.505 e. The van der Waals surface area contributed by atoms with E-state index in [9.17, 15) is 48.8 Å². The van der Waals surface area contributed by atoms with Crippen LogP contribution in [0, 0.1) is 6.92 Å². The molecule has 310 valence electrons. The molecular formula is C39H35N7O11S3. The van der Waals surface area contributed by atoms with Crippen molar-refractivity contribution in [3.63, 3.8) is 0 Å². The number of allylic oxidation sites excluding steroid dienone is 3. The van der Waals surface area contributed by atoms with Crippen LogP contribution in [0.3, 0.4) is 0 Å². The summed E-state index contributed by atoms with van der Waals surface area (Å²) in [5.74, 6) is -0.997. The van der Waals surface area contributed by atoms with Crippen molar-refractivity contribution in [3.8, 4) is 5.75 Å². The van der Waals surface area contributed by atoms with Crippen LogP contribution in [0.5, 0.6) is 5.75 Å². The molecule has 0 aromatic heterocycles. The number of benzene rings is 5. The number of carbonyl (C=O) groups excluding carboxylic acids is 1. The lowest BCUT2D eigenvalue weighted by molar-refractivity contribution is 0.102. The summed E-state index contributed by atoms with van der Waals surface area (Å²) in [7, 11) is -14.7. The Morgan fingerprint density at radius 1 is 0.750 bits per heavy atom. The number of hydrogen-bond acceptors (Lipinski definition) is 14. The van der Waals surface area contributed by atoms with Gasteiger partial charge in [0.1, 0.15) is 21.2 Å². The molecule has 0 saturated heterocycles. The van der Waals surface area contributed by atoms with E-state index in [4.69, 9.17) is 0 Å². The Morgan fingerprint density at radius 3 is 2.05 bits per heavy atom. The molecule has 18 nitrogen and oxygen atoms in total. The van der Waals surface area contributed by atoms with Gasteiger partial charge >= 0.3 is 0 Å². The molecule has 21 heteroatoms. The first-order chi connectivity index (χ1) is 28.1. The van der Waals surface area contributed by atoms with Gasteiger partial charge in [-0.05, 0) is 116 Å². The van der Waals surface area contributed by atoms with Crippen LogP contribution in [0.4, 0.5) is 28.4 Å². The number of anilines is 1. The van der Waals surface area contributed by atoms with Gasteiger partial charge < -0.3 is 10.4 Å². The van der Waals surface area contributed by atoms with Gasteiger partial charge in [-0.15, -0.1) is 10.2 Å². The molecule has 1 amide bonds. The molecule has 0 unspecified atom stereocenters. The van der Waals surface area contributed by atoms with Gasteiger partial charge in [-0.2, -0.15) is 45.7 Å². The molecule has 0 radical (unpaired) electrons. The van der Waals surface area contributed by atoms with Crippen LogP contribution in [0.25, 0.3) is 10.8 Å². The Kier molecular flexibility index (Phi) is 13.4. The highest BCUT2D eigenvalue weighted by atomic mass is 32.2. The molecule has 5 N–H and O–H groups in total. The normalized spacial score (nSPS) is 13.2. The zero-order valence-electron chi connectivity index (χ0n) is 31.8. The van der Waals surface area contributed by atoms with E-state index in [0.29, 0.717) is 40.6 Å². The Balaban J connectivity index is 1.35. The molecule has 0 bridgehead atoms. The molecule has 0 spiro atoms. The van der Waals surface area contributed by atoms with Crippen molar-refractivity contribution >= 4 is 75.5 Å². The number of hydrogen-bond donors (Lipinski definition) is 5. The maximum atomic E-state index is 12.7. The summed E-state index contributed by atoms with van der Waals surface area (Å²) in [6.45, 7) is 9.01. The number of carbonyl (C=O) groups is 1. The first kappa shape index (κ1) is 44.5. The standard InChI is InChI=1S/C39H35N7O11S3/c1-5-9-32(44-46-37-36(60(55,56)57)21-27-20-28(12-15-31(27)38(37)47)40-39(48)26-10-7-6-8-11-26)23(2)18-25(4)41-42-29-13-16-33(24(3)19-29)43-45-34-17-14-30(58(49,50)51)22-35(34)59(52,53)54/h6-22,47H,4-5H2,1-3H3,(H,40,48)(H,49,50,51)(H,52,53,54)(H,55,56,57)/b23-18-,32-9+,42-41?,45-43?,46-44?. The topological polar surface area (TPSA) is 287 Å². The molecule has 60 heavy (non-hydrogen) atoms. The van der Waals surface area contributed by atoms with Crippen molar-refractivity contribution in [2.75, 3.05) is 5.32 Å². The third kappa shape index (κ3) is 11.1. The van der Waals surface area contributed by atoms with Crippen LogP contribution in [0.2, 0.25) is 0 Å². The SMILES string of the molecule is C=C(/C=C(C)\C(=C/CC)N=Nc1c(S(=O)(=O)O)cc2cc(NC(=O)c3ccccc3)ccc2c1O)N=Nc1ccc(N=Nc2ccc(S(=O)(=O)O)cc2S(=O)(=O)O)c(C)c1. The average Bonchev–Trinajstić information content (AvgIpc) is 3.17. The highest BCUT2D eigenvalue weighted by molar-refractivity contribution is 7.87. The molecule has 5 aromatic carbocycles. The monoisotopic (exact) mass is 873 g/mol. The fourth-order valence-electron chi connectivity index (χ4n) is 5.43. The summed E-state index contributed by atoms with van der Waals surface area (Å²) in [6, 6.07) is 20.9. The van der Waals surface area contributed by atoms with E-state index in [0.717, 1.165) is 18.2 Å². The number of aryl methyl sites for hydroxylation is 1. The third-order valence-electron chi connectivity index (χ3n) is 8.31. The summed E-state index contributed by atoms with van der Waals surface area (Å²) in [5.41, 5.74) is 1.80. The van der Waals surface area contributed by atoms with Gasteiger partial charge in [-0.1, -0.05) is 37.8 Å². The third-order valence-corrected chi connectivity index (χ3v) is 10.9. The lowest BCUT2D eigenvalue weighted by atomic mass is 10.1. The van der Waals surface area contributed by atoms with Crippen molar-refractivity contribution in [1.82, 2.24) is 0 Å². The van der Waals surface area contributed by atoms with Gasteiger partial charge in [0.05, 0.1) is 27.7 Å². The van der Waals surface area contributed by atoms with Gasteiger partial charge in [0.25, 0.3) is 36.3 Å². The number of nitrogens with one attached hydrogen (secondary N) is 1. The highest BCUT2D eigenvalue weighted by Gasteiger charge is 2.23. The zero-order valence-corrected chi connectivity index (χ0v) is 34.2. The van der Waals surface area contributed by atoms with Crippen LogP contribution in [-0.4, -0.2) is 49.9 Å². The summed E-state index contributed by atoms with van der Waals surface area (Å²) in [4.78, 5) is 10.3. The minimum absolute atomic E-state index is 0.166. The number of phenols is 1. The molecule has 0 saturated carbocycles. The van der Waals surface area contributed by atoms with Crippen LogP contribution < -0.4 is 5.32 Å². The van der Waals surface area contributed by atoms with E-state index in [1.165, 1.54) is 36.4 Å². The molecule has 0 atom stereocenters. The Morgan fingerprint density at radius 2 is 1.42 bits per heavy atom. The first-order valence-electron chi connectivity index (χ1n) is 17.3. The van der Waals surface area contributed by atoms with Crippen molar-refractivity contribution < 1.29 is 48.8 Å². The average molecular weight is 874 g/mol.